The third-order valence-corrected chi connectivity index (χ3v) is 0. The van der Waals surface area contributed by atoms with E-state index in [1.54, 1.807) is 0 Å². The molecule has 0 saturated carbocycles. The molecule has 0 aromatic rings. The van der Waals surface area contributed by atoms with Crippen molar-refractivity contribution in [1.29, 1.82) is 0 Å². The first-order chi connectivity index (χ1) is 2.45. The molecule has 0 spiro atoms. The Balaban J connectivity index is 4.43. The van der Waals surface area contributed by atoms with Crippen LogP contribution >= 0.6 is 102 Å². The molecule has 0 aromatic carbocycles. The number of hydrogen-bond donors (Lipinski definition) is 0. The molecule has 48 valence electrons. The molecule has 0 aliphatic heterocycles. The monoisotopic (exact) mass is 729 g/mol. The fourth-order valence-electron chi connectivity index (χ4n) is 0. The molecule has 0 aliphatic carbocycles. The summed E-state index contributed by atoms with van der Waals surface area (Å²) in [6.45, 7) is 0. The second-order valence-corrected chi connectivity index (χ2v) is 163. The van der Waals surface area contributed by atoms with Crippen LogP contribution in [0.2, 0.25) is 5.82 Å². The molecule has 0 saturated heterocycles. The zero-order valence-corrected chi connectivity index (χ0v) is 15.8. The van der Waals surface area contributed by atoms with Gasteiger partial charge in [0.2, 0.25) is 0 Å². The van der Waals surface area contributed by atoms with Gasteiger partial charge < -0.3 is 0 Å². The van der Waals surface area contributed by atoms with Gasteiger partial charge in [-0.15, -0.1) is 0 Å². The first kappa shape index (κ1) is 11.2. The molecule has 0 heterocycles. The summed E-state index contributed by atoms with van der Waals surface area (Å²) < 4.78 is -2.11. The molecule has 0 fully saturated rings. The quantitative estimate of drug-likeness (QED) is 0.253. The molecule has 0 aliphatic rings. The van der Waals surface area contributed by atoms with Gasteiger partial charge in [0, 0.05) is 0 Å². The topological polar surface area (TPSA) is 0 Å². The van der Waals surface area contributed by atoms with E-state index in [9.17, 15) is 0 Å². The Hall–Kier alpha value is 4.17. The molecule has 0 unspecified atom stereocenters. The van der Waals surface area contributed by atoms with Crippen LogP contribution in [0.5, 0.6) is 0 Å². The molecule has 0 nitrogen and oxygen atoms in total. The molecule has 7 heavy (non-hydrogen) atoms. The van der Waals surface area contributed by atoms with E-state index in [1.807, 2.05) is 0 Å². The molecular weight excluding hydrogens is 725 g/mol. The van der Waals surface area contributed by atoms with Gasteiger partial charge >= 0.3 is 102 Å². The first-order valence-corrected chi connectivity index (χ1v) is 29.0. The van der Waals surface area contributed by atoms with Gasteiger partial charge in [-0.25, -0.2) is 0 Å². The Labute approximate surface area is 98.7 Å². The van der Waals surface area contributed by atoms with E-state index in [4.69, 9.17) is 0 Å². The van der Waals surface area contributed by atoms with Gasteiger partial charge in [0.15, 0.2) is 0 Å². The molecule has 0 aromatic heterocycles. The summed E-state index contributed by atoms with van der Waals surface area (Å²) in [4.78, 5) is 0. The summed E-state index contributed by atoms with van der Waals surface area (Å²) in [7, 11) is 0. The zero-order valence-electron chi connectivity index (χ0n) is 3.30. The normalized spacial score (nSPS) is 23.1. The van der Waals surface area contributed by atoms with Crippen molar-refractivity contribution in [2.24, 2.45) is 0 Å². The van der Waals surface area contributed by atoms with Gasteiger partial charge in [-0.1, -0.05) is 0 Å². The van der Waals surface area contributed by atoms with Crippen molar-refractivity contribution in [3.8, 4) is 0 Å². The van der Waals surface area contributed by atoms with Gasteiger partial charge in [0.05, 0.1) is 0 Å². The summed E-state index contributed by atoms with van der Waals surface area (Å²) in [6.07, 6.45) is 0. The van der Waals surface area contributed by atoms with Crippen molar-refractivity contribution in [3.05, 3.63) is 0 Å². The Morgan fingerprint density at radius 2 is 0.857 bits per heavy atom. The van der Waals surface area contributed by atoms with E-state index < -0.39 is -5.52 Å². The summed E-state index contributed by atoms with van der Waals surface area (Å²) in [6, 6.07) is 0. The van der Waals surface area contributed by atoms with Crippen LogP contribution in [0.25, 0.3) is 0 Å². The fourth-order valence-corrected chi connectivity index (χ4v) is 0. The van der Waals surface area contributed by atoms with Crippen molar-refractivity contribution < 1.29 is 0 Å². The van der Waals surface area contributed by atoms with Crippen LogP contribution in [0.3, 0.4) is 0 Å². The average molecular weight is 729 g/mol. The molecule has 0 N–H and O–H groups in total. The van der Waals surface area contributed by atoms with Crippen LogP contribution in [0, 0.1) is 0 Å². The average Bonchev–Trinajstić information content (AvgIpc) is 0.592. The SMILES string of the molecule is C[Se](I)(I)(I)(I)I. The summed E-state index contributed by atoms with van der Waals surface area (Å²) in [5.41, 5.74) is 0. The maximum absolute atomic E-state index is 2.56. The van der Waals surface area contributed by atoms with E-state index in [1.165, 1.54) is 0 Å². The summed E-state index contributed by atoms with van der Waals surface area (Å²) >= 11 is 12.8. The van der Waals surface area contributed by atoms with Crippen LogP contribution < -0.4 is 0 Å². The first-order valence-electron chi connectivity index (χ1n) is 1.18. The second-order valence-electron chi connectivity index (χ2n) is 1.35. The minimum absolute atomic E-state index is 2.11. The van der Waals surface area contributed by atoms with Crippen LogP contribution in [0.4, 0.5) is 0 Å². The van der Waals surface area contributed by atoms with E-state index in [0.717, 1.165) is 0 Å². The maximum atomic E-state index is 2.56. The molecular formula is CH3I5Se. The van der Waals surface area contributed by atoms with Crippen LogP contribution in [0.1, 0.15) is 0 Å². The predicted octanol–water partition coefficient (Wildman–Crippen LogP) is 4.63. The van der Waals surface area contributed by atoms with Crippen LogP contribution in [-0.4, -0.2) is -5.52 Å². The van der Waals surface area contributed by atoms with E-state index in [-0.39, 0.29) is 0 Å². The Morgan fingerprint density at radius 3 is 0.857 bits per heavy atom. The fraction of sp³-hybridized carbons (Fsp3) is 1.00. The van der Waals surface area contributed by atoms with Gasteiger partial charge in [-0.05, 0) is 0 Å². The molecule has 0 amide bonds. The minimum atomic E-state index is -2.11. The molecule has 0 radical (unpaired) electrons. The van der Waals surface area contributed by atoms with Gasteiger partial charge in [0.25, 0.3) is 0 Å². The zero-order chi connectivity index (χ0) is 6.41. The number of halogens is 5. The Morgan fingerprint density at radius 1 is 0.857 bits per heavy atom. The van der Waals surface area contributed by atoms with E-state index in [0.29, 0.717) is 0 Å². The third-order valence-electron chi connectivity index (χ3n) is 0. The Bertz CT molecular complexity index is 66.6. The number of rotatable bonds is 0. The summed E-state index contributed by atoms with van der Waals surface area (Å²) in [5, 5.41) is 0. The van der Waals surface area contributed by atoms with Crippen molar-refractivity contribution in [2.75, 3.05) is 0 Å². The van der Waals surface area contributed by atoms with Crippen LogP contribution in [0.15, 0.2) is 0 Å². The second kappa shape index (κ2) is 2.33. The van der Waals surface area contributed by atoms with E-state index >= 15 is 0 Å². The van der Waals surface area contributed by atoms with Gasteiger partial charge in [-0.3, -0.25) is 0 Å². The predicted molar refractivity (Wildman–Crippen MR) is 81.7 cm³/mol. The summed E-state index contributed by atoms with van der Waals surface area (Å²) in [5.74, 6) is 2.33. The third kappa shape index (κ3) is 39.0. The molecule has 6 heteroatoms. The molecule has 0 bridgehead atoms. The van der Waals surface area contributed by atoms with Gasteiger partial charge in [0.1, 0.15) is 0 Å². The van der Waals surface area contributed by atoms with Crippen molar-refractivity contribution in [3.63, 3.8) is 0 Å². The number of hydrogen-bond acceptors (Lipinski definition) is 0. The van der Waals surface area contributed by atoms with Crippen molar-refractivity contribution >= 4 is 96.2 Å². The van der Waals surface area contributed by atoms with Gasteiger partial charge in [-0.2, -0.15) is 0 Å². The van der Waals surface area contributed by atoms with E-state index in [2.05, 4.69) is 108 Å². The molecule has 0 rings (SSSR count). The van der Waals surface area contributed by atoms with Crippen LogP contribution in [-0.2, 0) is 0 Å². The van der Waals surface area contributed by atoms with Crippen molar-refractivity contribution in [1.82, 2.24) is 0 Å². The standard InChI is InChI=1S/CH3I5Se/c1-7(2,3,4,5)6/h1H3. The molecule has 0 atom stereocenters. The Kier molecular flexibility index (Phi) is 3.71. The van der Waals surface area contributed by atoms with Crippen molar-refractivity contribution in [2.45, 2.75) is 5.82 Å².